The van der Waals surface area contributed by atoms with E-state index in [0.717, 1.165) is 41.2 Å². The van der Waals surface area contributed by atoms with Gasteiger partial charge >= 0.3 is 0 Å². The molecule has 4 rings (SSSR count). The van der Waals surface area contributed by atoms with Crippen molar-refractivity contribution >= 4 is 28.3 Å². The van der Waals surface area contributed by atoms with E-state index in [1.165, 1.54) is 0 Å². The first-order valence-corrected chi connectivity index (χ1v) is 7.48. The molecule has 0 saturated carbocycles. The largest absolute Gasteiger partial charge is 0.378 e. The Morgan fingerprint density at radius 3 is 2.82 bits per heavy atom. The van der Waals surface area contributed by atoms with Gasteiger partial charge in [0.2, 0.25) is 0 Å². The highest BCUT2D eigenvalue weighted by Gasteiger charge is 2.18. The monoisotopic (exact) mass is 315 g/mol. The topological polar surface area (TPSA) is 66.9 Å². The van der Waals surface area contributed by atoms with Crippen molar-refractivity contribution in [2.24, 2.45) is 0 Å². The van der Waals surface area contributed by atoms with Crippen molar-refractivity contribution in [1.29, 1.82) is 0 Å². The quantitative estimate of drug-likeness (QED) is 0.787. The molecule has 112 valence electrons. The van der Waals surface area contributed by atoms with Crippen LogP contribution in [-0.2, 0) is 4.74 Å². The van der Waals surface area contributed by atoms with Gasteiger partial charge in [-0.1, -0.05) is 11.6 Å². The summed E-state index contributed by atoms with van der Waals surface area (Å²) in [5.41, 5.74) is 2.44. The first kappa shape index (κ1) is 13.5. The Kier molecular flexibility index (Phi) is 3.40. The van der Waals surface area contributed by atoms with Crippen LogP contribution in [0.4, 0.5) is 5.82 Å². The zero-order valence-electron chi connectivity index (χ0n) is 11.8. The molecule has 0 aromatic carbocycles. The lowest BCUT2D eigenvalue weighted by Crippen LogP contribution is -2.37. The fourth-order valence-electron chi connectivity index (χ4n) is 2.65. The summed E-state index contributed by atoms with van der Waals surface area (Å²) in [5.74, 6) is 0.784. The lowest BCUT2D eigenvalue weighted by atomic mass is 10.1. The first-order valence-electron chi connectivity index (χ1n) is 7.10. The Morgan fingerprint density at radius 1 is 1.18 bits per heavy atom. The fraction of sp³-hybridized carbons (Fsp3) is 0.267. The fourth-order valence-corrected chi connectivity index (χ4v) is 2.92. The second-order valence-corrected chi connectivity index (χ2v) is 5.50. The Balaban J connectivity index is 1.88. The van der Waals surface area contributed by atoms with Crippen LogP contribution in [0.25, 0.3) is 22.3 Å². The van der Waals surface area contributed by atoms with Crippen LogP contribution in [-0.4, -0.2) is 46.5 Å². The van der Waals surface area contributed by atoms with Gasteiger partial charge in [-0.3, -0.25) is 10.1 Å². The van der Waals surface area contributed by atoms with E-state index in [0.29, 0.717) is 18.2 Å². The van der Waals surface area contributed by atoms with E-state index in [9.17, 15) is 0 Å². The van der Waals surface area contributed by atoms with Gasteiger partial charge < -0.3 is 9.64 Å². The molecular formula is C15H14ClN5O. The molecule has 0 aliphatic carbocycles. The summed E-state index contributed by atoms with van der Waals surface area (Å²) < 4.78 is 5.39. The number of rotatable bonds is 2. The van der Waals surface area contributed by atoms with Crippen molar-refractivity contribution in [1.82, 2.24) is 20.2 Å². The van der Waals surface area contributed by atoms with E-state index < -0.39 is 0 Å². The van der Waals surface area contributed by atoms with Crippen molar-refractivity contribution in [2.45, 2.75) is 0 Å². The van der Waals surface area contributed by atoms with Crippen LogP contribution < -0.4 is 4.90 Å². The van der Waals surface area contributed by atoms with Gasteiger partial charge in [-0.05, 0) is 18.2 Å². The van der Waals surface area contributed by atoms with Crippen LogP contribution in [0.2, 0.25) is 5.02 Å². The maximum Gasteiger partial charge on any atom is 0.148 e. The van der Waals surface area contributed by atoms with Gasteiger partial charge in [0.05, 0.1) is 23.9 Å². The Morgan fingerprint density at radius 2 is 2.05 bits per heavy atom. The smallest absolute Gasteiger partial charge is 0.148 e. The number of hydrogen-bond acceptors (Lipinski definition) is 5. The molecule has 0 atom stereocenters. The number of pyridine rings is 2. The summed E-state index contributed by atoms with van der Waals surface area (Å²) in [6, 6.07) is 5.74. The van der Waals surface area contributed by atoms with Crippen molar-refractivity contribution in [3.05, 3.63) is 35.6 Å². The Bertz CT molecular complexity index is 799. The maximum absolute atomic E-state index is 6.43. The van der Waals surface area contributed by atoms with Gasteiger partial charge in [-0.15, -0.1) is 0 Å². The zero-order chi connectivity index (χ0) is 14.9. The molecular weight excluding hydrogens is 302 g/mol. The molecule has 1 saturated heterocycles. The SMILES string of the molecule is Clc1cc2ccnc(-c3ccn[nH]3)c2nc1N1CCOCC1. The van der Waals surface area contributed by atoms with Crippen molar-refractivity contribution in [2.75, 3.05) is 31.2 Å². The Labute approximate surface area is 132 Å². The average molecular weight is 316 g/mol. The summed E-state index contributed by atoms with van der Waals surface area (Å²) in [6.45, 7) is 2.96. The number of nitrogens with zero attached hydrogens (tertiary/aromatic N) is 4. The second-order valence-electron chi connectivity index (χ2n) is 5.09. The molecule has 7 heteroatoms. The molecule has 4 heterocycles. The third-order valence-corrected chi connectivity index (χ3v) is 4.01. The molecule has 3 aromatic rings. The van der Waals surface area contributed by atoms with Gasteiger partial charge in [0.1, 0.15) is 17.0 Å². The predicted octanol–water partition coefficient (Wildman–Crippen LogP) is 2.51. The number of halogens is 1. The van der Waals surface area contributed by atoms with E-state index >= 15 is 0 Å². The first-order chi connectivity index (χ1) is 10.8. The van der Waals surface area contributed by atoms with Gasteiger partial charge in [-0.25, -0.2) is 4.98 Å². The van der Waals surface area contributed by atoms with Gasteiger partial charge in [0.25, 0.3) is 0 Å². The number of ether oxygens (including phenoxy) is 1. The summed E-state index contributed by atoms with van der Waals surface area (Å²) in [6.07, 6.45) is 3.46. The van der Waals surface area contributed by atoms with Crippen molar-refractivity contribution < 1.29 is 4.74 Å². The Hall–Kier alpha value is -2.18. The lowest BCUT2D eigenvalue weighted by molar-refractivity contribution is 0.122. The standard InChI is InChI=1S/C15H14ClN5O/c16-11-9-10-1-3-17-14(12-2-4-18-20-12)13(10)19-15(11)21-5-7-22-8-6-21/h1-4,9H,5-8H2,(H,18,20). The molecule has 0 bridgehead atoms. The van der Waals surface area contributed by atoms with Gasteiger partial charge in [-0.2, -0.15) is 5.10 Å². The second kappa shape index (κ2) is 5.55. The normalized spacial score (nSPS) is 15.4. The minimum Gasteiger partial charge on any atom is -0.378 e. The van der Waals surface area contributed by atoms with E-state index in [4.69, 9.17) is 21.3 Å². The van der Waals surface area contributed by atoms with Crippen LogP contribution >= 0.6 is 11.6 Å². The molecule has 0 spiro atoms. The van der Waals surface area contributed by atoms with Crippen LogP contribution in [0.1, 0.15) is 0 Å². The highest BCUT2D eigenvalue weighted by Crippen LogP contribution is 2.31. The zero-order valence-corrected chi connectivity index (χ0v) is 12.5. The summed E-state index contributed by atoms with van der Waals surface area (Å²) in [7, 11) is 0. The van der Waals surface area contributed by atoms with Gasteiger partial charge in [0, 0.05) is 30.9 Å². The molecule has 22 heavy (non-hydrogen) atoms. The van der Waals surface area contributed by atoms with E-state index in [2.05, 4.69) is 20.1 Å². The van der Waals surface area contributed by atoms with Crippen LogP contribution in [0.5, 0.6) is 0 Å². The van der Waals surface area contributed by atoms with Crippen LogP contribution in [0, 0.1) is 0 Å². The van der Waals surface area contributed by atoms with Crippen molar-refractivity contribution in [3.63, 3.8) is 0 Å². The predicted molar refractivity (Wildman–Crippen MR) is 85.2 cm³/mol. The summed E-state index contributed by atoms with van der Waals surface area (Å²) >= 11 is 6.43. The van der Waals surface area contributed by atoms with E-state index in [-0.39, 0.29) is 0 Å². The molecule has 1 fully saturated rings. The molecule has 1 aliphatic heterocycles. The molecule has 1 aliphatic rings. The minimum absolute atomic E-state index is 0.649. The van der Waals surface area contributed by atoms with E-state index in [1.807, 2.05) is 18.2 Å². The third-order valence-electron chi connectivity index (χ3n) is 3.74. The number of H-pyrrole nitrogens is 1. The summed E-state index contributed by atoms with van der Waals surface area (Å²) in [5, 5.41) is 8.54. The molecule has 6 nitrogen and oxygen atoms in total. The number of fused-ring (bicyclic) bond motifs is 1. The van der Waals surface area contributed by atoms with E-state index in [1.54, 1.807) is 12.4 Å². The number of morpholine rings is 1. The minimum atomic E-state index is 0.649. The number of anilines is 1. The van der Waals surface area contributed by atoms with Crippen LogP contribution in [0.15, 0.2) is 30.6 Å². The highest BCUT2D eigenvalue weighted by atomic mass is 35.5. The lowest BCUT2D eigenvalue weighted by Gasteiger charge is -2.28. The molecule has 3 aromatic heterocycles. The third kappa shape index (κ3) is 2.30. The number of nitrogens with one attached hydrogen (secondary N) is 1. The molecule has 0 radical (unpaired) electrons. The van der Waals surface area contributed by atoms with Gasteiger partial charge in [0.15, 0.2) is 0 Å². The molecule has 0 amide bonds. The number of aromatic amines is 1. The molecule has 0 unspecified atom stereocenters. The number of aromatic nitrogens is 4. The number of hydrogen-bond donors (Lipinski definition) is 1. The highest BCUT2D eigenvalue weighted by molar-refractivity contribution is 6.33. The van der Waals surface area contributed by atoms with Crippen molar-refractivity contribution in [3.8, 4) is 11.4 Å². The van der Waals surface area contributed by atoms with Crippen LogP contribution in [0.3, 0.4) is 0 Å². The molecule has 1 N–H and O–H groups in total. The maximum atomic E-state index is 6.43. The average Bonchev–Trinajstić information content (AvgIpc) is 3.08. The summed E-state index contributed by atoms with van der Waals surface area (Å²) in [4.78, 5) is 11.4.